The van der Waals surface area contributed by atoms with Crippen molar-refractivity contribution in [1.82, 2.24) is 0 Å². The van der Waals surface area contributed by atoms with Crippen molar-refractivity contribution in [2.45, 2.75) is 43.7 Å². The third-order valence-corrected chi connectivity index (χ3v) is 6.37. The fourth-order valence-electron chi connectivity index (χ4n) is 4.69. The van der Waals surface area contributed by atoms with Gasteiger partial charge < -0.3 is 15.2 Å². The van der Waals surface area contributed by atoms with E-state index < -0.39 is 0 Å². The lowest BCUT2D eigenvalue weighted by Gasteiger charge is -2.45. The topological polar surface area (TPSA) is 56.8 Å². The first-order chi connectivity index (χ1) is 10.6. The van der Waals surface area contributed by atoms with Crippen LogP contribution in [0, 0.1) is 5.41 Å². The fraction of sp³-hybridized carbons (Fsp3) is 0.588. The van der Waals surface area contributed by atoms with E-state index in [0.29, 0.717) is 18.7 Å². The van der Waals surface area contributed by atoms with Crippen molar-refractivity contribution in [3.63, 3.8) is 0 Å². The number of hydrogen-bond acceptors (Lipinski definition) is 4. The minimum atomic E-state index is -0.311. The largest absolute Gasteiger partial charge is 0.462 e. The maximum Gasteiger partial charge on any atom is 0.283 e. The molecule has 5 heteroatoms. The Morgan fingerprint density at radius 2 is 2.14 bits per heavy atom. The number of ether oxygens (including phenoxy) is 2. The van der Waals surface area contributed by atoms with Crippen LogP contribution >= 0.6 is 15.9 Å². The van der Waals surface area contributed by atoms with E-state index in [9.17, 15) is 0 Å². The fourth-order valence-corrected chi connectivity index (χ4v) is 5.06. The lowest BCUT2D eigenvalue weighted by molar-refractivity contribution is -0.00984. The van der Waals surface area contributed by atoms with E-state index in [1.807, 2.05) is 7.11 Å². The van der Waals surface area contributed by atoms with E-state index in [1.165, 1.54) is 11.1 Å². The average Bonchev–Trinajstić information content (AvgIpc) is 3.03. The Hall–Kier alpha value is -1.07. The molecule has 1 saturated carbocycles. The molecule has 1 unspecified atom stereocenters. The molecule has 1 aromatic rings. The van der Waals surface area contributed by atoms with E-state index in [1.54, 1.807) is 0 Å². The van der Waals surface area contributed by atoms with Gasteiger partial charge in [-0.15, -0.1) is 0 Å². The van der Waals surface area contributed by atoms with Crippen LogP contribution in [0.1, 0.15) is 36.8 Å². The van der Waals surface area contributed by atoms with Crippen LogP contribution in [0.2, 0.25) is 0 Å². The maximum atomic E-state index is 5.92. The van der Waals surface area contributed by atoms with Crippen LogP contribution in [0.4, 0.5) is 0 Å². The van der Waals surface area contributed by atoms with Crippen LogP contribution in [0.15, 0.2) is 27.7 Å². The molecule has 2 spiro atoms. The van der Waals surface area contributed by atoms with Gasteiger partial charge in [-0.1, -0.05) is 22.0 Å². The van der Waals surface area contributed by atoms with Crippen molar-refractivity contribution in [3.8, 4) is 0 Å². The molecule has 2 aliphatic carbocycles. The Morgan fingerprint density at radius 1 is 1.36 bits per heavy atom. The predicted octanol–water partition coefficient (Wildman–Crippen LogP) is 3.12. The summed E-state index contributed by atoms with van der Waals surface area (Å²) >= 11 is 3.60. The van der Waals surface area contributed by atoms with Crippen LogP contribution in [0.5, 0.6) is 0 Å². The number of fused-ring (bicyclic) bond motifs is 3. The van der Waals surface area contributed by atoms with Gasteiger partial charge in [0.05, 0.1) is 6.10 Å². The van der Waals surface area contributed by atoms with E-state index >= 15 is 0 Å². The van der Waals surface area contributed by atoms with Gasteiger partial charge in [0.15, 0.2) is 0 Å². The van der Waals surface area contributed by atoms with Crippen molar-refractivity contribution in [3.05, 3.63) is 33.8 Å². The monoisotopic (exact) mass is 364 g/mol. The quantitative estimate of drug-likeness (QED) is 0.832. The number of rotatable bonds is 1. The molecule has 22 heavy (non-hydrogen) atoms. The average molecular weight is 365 g/mol. The molecule has 0 bridgehead atoms. The zero-order valence-corrected chi connectivity index (χ0v) is 14.4. The first-order valence-corrected chi connectivity index (χ1v) is 8.68. The minimum absolute atomic E-state index is 0.117. The zero-order valence-electron chi connectivity index (χ0n) is 12.8. The summed E-state index contributed by atoms with van der Waals surface area (Å²) in [5.41, 5.74) is 8.41. The minimum Gasteiger partial charge on any atom is -0.462 e. The summed E-state index contributed by atoms with van der Waals surface area (Å²) in [7, 11) is 1.81. The summed E-state index contributed by atoms with van der Waals surface area (Å²) in [4.78, 5) is 4.84. The van der Waals surface area contributed by atoms with Crippen molar-refractivity contribution in [2.24, 2.45) is 16.1 Å². The second kappa shape index (κ2) is 4.96. The number of nitrogens with two attached hydrogens (primary N) is 1. The number of nitrogens with zero attached hydrogens (tertiary/aromatic N) is 1. The highest BCUT2D eigenvalue weighted by Gasteiger charge is 2.61. The molecule has 118 valence electrons. The lowest BCUT2D eigenvalue weighted by Crippen LogP contribution is -2.46. The molecule has 2 N–H and O–H groups in total. The number of amidine groups is 1. The Bertz CT molecular complexity index is 638. The van der Waals surface area contributed by atoms with E-state index in [2.05, 4.69) is 34.1 Å². The first-order valence-electron chi connectivity index (χ1n) is 7.88. The Balaban J connectivity index is 1.81. The molecule has 0 saturated heterocycles. The normalized spacial score (nSPS) is 36.5. The smallest absolute Gasteiger partial charge is 0.283 e. The number of hydrogen-bond donors (Lipinski definition) is 1. The summed E-state index contributed by atoms with van der Waals surface area (Å²) in [6.45, 7) is 0.569. The third-order valence-electron chi connectivity index (χ3n) is 5.88. The zero-order chi connectivity index (χ0) is 15.4. The molecule has 1 aromatic carbocycles. The first kappa shape index (κ1) is 14.5. The van der Waals surface area contributed by atoms with Gasteiger partial charge in [0, 0.05) is 17.0 Å². The molecule has 3 aliphatic rings. The van der Waals surface area contributed by atoms with Crippen molar-refractivity contribution < 1.29 is 9.47 Å². The van der Waals surface area contributed by atoms with Crippen LogP contribution in [0.25, 0.3) is 0 Å². The molecule has 4 nitrogen and oxygen atoms in total. The molecular formula is C17H21BrN2O2. The molecule has 1 fully saturated rings. The van der Waals surface area contributed by atoms with Gasteiger partial charge >= 0.3 is 0 Å². The van der Waals surface area contributed by atoms with Crippen LogP contribution < -0.4 is 5.73 Å². The van der Waals surface area contributed by atoms with Crippen LogP contribution in [0.3, 0.4) is 0 Å². The SMILES string of the molecule is COC1CCC2(CC1)Cc1ccc(Br)cc1C21COC(N)=N1. The highest BCUT2D eigenvalue weighted by molar-refractivity contribution is 9.10. The third kappa shape index (κ3) is 1.88. The van der Waals surface area contributed by atoms with Crippen LogP contribution in [-0.4, -0.2) is 25.8 Å². The maximum absolute atomic E-state index is 5.92. The van der Waals surface area contributed by atoms with Gasteiger partial charge in [-0.2, -0.15) is 0 Å². The number of halogens is 1. The van der Waals surface area contributed by atoms with Gasteiger partial charge in [0.2, 0.25) is 0 Å². The van der Waals surface area contributed by atoms with E-state index in [4.69, 9.17) is 20.2 Å². The summed E-state index contributed by atoms with van der Waals surface area (Å²) in [6.07, 6.45) is 5.83. The molecule has 1 heterocycles. The predicted molar refractivity (Wildman–Crippen MR) is 88.8 cm³/mol. The number of aliphatic imine (C=N–C) groups is 1. The Morgan fingerprint density at radius 3 is 2.77 bits per heavy atom. The van der Waals surface area contributed by atoms with Gasteiger partial charge in [-0.25, -0.2) is 4.99 Å². The number of methoxy groups -OCH3 is 1. The van der Waals surface area contributed by atoms with Gasteiger partial charge in [-0.3, -0.25) is 0 Å². The van der Waals surface area contributed by atoms with Gasteiger partial charge in [0.25, 0.3) is 6.02 Å². The standard InChI is InChI=1S/C17H21BrN2O2/c1-21-13-4-6-16(7-5-13)9-11-2-3-12(18)8-14(11)17(16)10-22-15(19)20-17/h2-3,8,13H,4-7,9-10H2,1H3,(H2,19,20). The molecule has 0 aromatic heterocycles. The van der Waals surface area contributed by atoms with Crippen molar-refractivity contribution in [1.29, 1.82) is 0 Å². The number of benzene rings is 1. The molecule has 1 atom stereocenters. The summed E-state index contributed by atoms with van der Waals surface area (Å²) in [5.74, 6) is 0. The summed E-state index contributed by atoms with van der Waals surface area (Å²) in [6, 6.07) is 6.89. The van der Waals surface area contributed by atoms with E-state index in [0.717, 1.165) is 36.6 Å². The van der Waals surface area contributed by atoms with Crippen molar-refractivity contribution in [2.75, 3.05) is 13.7 Å². The molecule has 1 aliphatic heterocycles. The van der Waals surface area contributed by atoms with Crippen LogP contribution in [-0.2, 0) is 21.4 Å². The molecule has 4 rings (SSSR count). The highest BCUT2D eigenvalue weighted by atomic mass is 79.9. The second-order valence-corrected chi connectivity index (χ2v) is 7.71. The van der Waals surface area contributed by atoms with Gasteiger partial charge in [0.1, 0.15) is 12.1 Å². The molecule has 0 amide bonds. The van der Waals surface area contributed by atoms with Gasteiger partial charge in [-0.05, 0) is 55.4 Å². The highest BCUT2D eigenvalue weighted by Crippen LogP contribution is 2.61. The van der Waals surface area contributed by atoms with E-state index in [-0.39, 0.29) is 11.0 Å². The Labute approximate surface area is 139 Å². The molecule has 0 radical (unpaired) electrons. The summed E-state index contributed by atoms with van der Waals surface area (Å²) in [5, 5.41) is 0. The molecular weight excluding hydrogens is 344 g/mol. The lowest BCUT2D eigenvalue weighted by atomic mass is 9.62. The van der Waals surface area contributed by atoms with Crippen molar-refractivity contribution >= 4 is 22.0 Å². The Kier molecular flexibility index (Phi) is 3.28. The second-order valence-electron chi connectivity index (χ2n) is 6.79. The summed E-state index contributed by atoms with van der Waals surface area (Å²) < 4.78 is 12.3.